The summed E-state index contributed by atoms with van der Waals surface area (Å²) >= 11 is 0. The van der Waals surface area contributed by atoms with Crippen LogP contribution in [0.25, 0.3) is 11.1 Å². The Balaban J connectivity index is 1.19. The Kier molecular flexibility index (Phi) is 7.43. The van der Waals surface area contributed by atoms with Crippen LogP contribution in [0.3, 0.4) is 0 Å². The number of carbonyl (C=O) groups excluding carboxylic acids is 1. The lowest BCUT2D eigenvalue weighted by Gasteiger charge is -2.29. The van der Waals surface area contributed by atoms with Crippen LogP contribution in [0.4, 0.5) is 11.7 Å². The second kappa shape index (κ2) is 10.9. The van der Waals surface area contributed by atoms with Gasteiger partial charge in [-0.25, -0.2) is 0 Å². The predicted molar refractivity (Wildman–Crippen MR) is 138 cm³/mol. The number of amides is 1. The van der Waals surface area contributed by atoms with E-state index in [4.69, 9.17) is 9.15 Å². The van der Waals surface area contributed by atoms with E-state index in [1.807, 2.05) is 49.4 Å². The van der Waals surface area contributed by atoms with Crippen LogP contribution in [0.5, 0.6) is 0 Å². The number of oxazole rings is 1. The number of aliphatic carboxylic acids is 1. The number of β-amino-alcohol motifs (C(OH)–C–C–N with tert-alkyl or cyclic N) is 1. The van der Waals surface area contributed by atoms with E-state index in [0.717, 1.165) is 16.8 Å². The molecule has 1 aromatic heterocycles. The first-order valence-corrected chi connectivity index (χ1v) is 12.9. The number of carbonyl (C=O) groups is 2. The van der Waals surface area contributed by atoms with Crippen molar-refractivity contribution in [2.24, 2.45) is 5.92 Å². The largest absolute Gasteiger partial charge is 0.481 e. The molecule has 3 N–H and O–H groups in total. The van der Waals surface area contributed by atoms with E-state index >= 15 is 0 Å². The summed E-state index contributed by atoms with van der Waals surface area (Å²) in [6.45, 7) is 2.64. The number of nitrogens with zero attached hydrogens (tertiary/aromatic N) is 2. The van der Waals surface area contributed by atoms with Crippen molar-refractivity contribution in [1.82, 2.24) is 9.88 Å². The zero-order valence-corrected chi connectivity index (χ0v) is 20.9. The smallest absolute Gasteiger partial charge is 0.306 e. The van der Waals surface area contributed by atoms with E-state index in [1.165, 1.54) is 0 Å². The van der Waals surface area contributed by atoms with E-state index in [-0.39, 0.29) is 36.9 Å². The zero-order valence-electron chi connectivity index (χ0n) is 20.9. The molecular formula is C28H33N3O6. The maximum absolute atomic E-state index is 13.2. The highest BCUT2D eigenvalue weighted by molar-refractivity contribution is 5.82. The van der Waals surface area contributed by atoms with Crippen LogP contribution in [0, 0.1) is 12.8 Å². The summed E-state index contributed by atoms with van der Waals surface area (Å²) < 4.78 is 12.0. The van der Waals surface area contributed by atoms with E-state index < -0.39 is 12.1 Å². The average Bonchev–Trinajstić information content (AvgIpc) is 3.46. The van der Waals surface area contributed by atoms with E-state index in [9.17, 15) is 19.8 Å². The molecule has 0 radical (unpaired) electrons. The lowest BCUT2D eigenvalue weighted by molar-refractivity contribution is -0.144. The maximum Gasteiger partial charge on any atom is 0.306 e. The first kappa shape index (κ1) is 25.2. The van der Waals surface area contributed by atoms with Crippen molar-refractivity contribution < 1.29 is 29.0 Å². The molecule has 2 atom stereocenters. The number of ether oxygens (including phenoxy) is 1. The molecule has 3 aromatic rings. The number of aromatic nitrogens is 1. The van der Waals surface area contributed by atoms with Crippen molar-refractivity contribution in [3.63, 3.8) is 0 Å². The zero-order chi connectivity index (χ0) is 25.9. The molecule has 0 bridgehead atoms. The lowest BCUT2D eigenvalue weighted by atomic mass is 9.87. The van der Waals surface area contributed by atoms with Crippen LogP contribution < -0.4 is 5.32 Å². The molecule has 9 nitrogen and oxygen atoms in total. The Labute approximate surface area is 215 Å². The van der Waals surface area contributed by atoms with Gasteiger partial charge in [0.1, 0.15) is 5.52 Å². The molecule has 2 fully saturated rings. The van der Waals surface area contributed by atoms with E-state index in [0.29, 0.717) is 55.8 Å². The third-order valence-electron chi connectivity index (χ3n) is 7.46. The van der Waals surface area contributed by atoms with Gasteiger partial charge in [0, 0.05) is 12.2 Å². The van der Waals surface area contributed by atoms with Gasteiger partial charge in [-0.1, -0.05) is 24.3 Å². The van der Waals surface area contributed by atoms with Gasteiger partial charge >= 0.3 is 5.97 Å². The number of aryl methyl sites for hydroxylation is 1. The van der Waals surface area contributed by atoms with Gasteiger partial charge in [0.25, 0.3) is 6.01 Å². The fourth-order valence-corrected chi connectivity index (χ4v) is 5.32. The van der Waals surface area contributed by atoms with Crippen molar-refractivity contribution in [1.29, 1.82) is 0 Å². The lowest BCUT2D eigenvalue weighted by Crippen LogP contribution is -2.40. The minimum Gasteiger partial charge on any atom is -0.481 e. The number of hydrogen-bond acceptors (Lipinski definition) is 7. The highest BCUT2D eigenvalue weighted by Crippen LogP contribution is 2.29. The summed E-state index contributed by atoms with van der Waals surface area (Å²) in [4.78, 5) is 30.6. The third kappa shape index (κ3) is 5.94. The Morgan fingerprint density at radius 3 is 2.70 bits per heavy atom. The number of aliphatic hydroxyl groups is 1. The fourth-order valence-electron chi connectivity index (χ4n) is 5.32. The van der Waals surface area contributed by atoms with Crippen LogP contribution in [0.15, 0.2) is 46.9 Å². The maximum atomic E-state index is 13.2. The van der Waals surface area contributed by atoms with Crippen LogP contribution in [0.2, 0.25) is 0 Å². The first-order valence-electron chi connectivity index (χ1n) is 12.9. The molecule has 37 heavy (non-hydrogen) atoms. The number of benzene rings is 2. The van der Waals surface area contributed by atoms with Gasteiger partial charge in [0.05, 0.1) is 37.2 Å². The molecule has 9 heteroatoms. The topological polar surface area (TPSA) is 125 Å². The number of rotatable bonds is 8. The first-order chi connectivity index (χ1) is 17.9. The van der Waals surface area contributed by atoms with Gasteiger partial charge in [-0.3, -0.25) is 9.59 Å². The number of nitrogens with one attached hydrogen (secondary N) is 1. The van der Waals surface area contributed by atoms with Gasteiger partial charge < -0.3 is 29.6 Å². The number of aliphatic hydroxyl groups excluding tert-OH is 1. The van der Waals surface area contributed by atoms with Crippen LogP contribution in [0.1, 0.15) is 43.2 Å². The second-order valence-corrected chi connectivity index (χ2v) is 10.2. The molecule has 2 aliphatic rings. The van der Waals surface area contributed by atoms with E-state index in [1.54, 1.807) is 4.90 Å². The van der Waals surface area contributed by atoms with Gasteiger partial charge in [-0.15, -0.1) is 0 Å². The quantitative estimate of drug-likeness (QED) is 0.417. The van der Waals surface area contributed by atoms with Crippen molar-refractivity contribution in [3.8, 4) is 0 Å². The number of anilines is 2. The molecule has 196 valence electrons. The molecule has 1 amide bonds. The number of para-hydroxylation sites is 1. The summed E-state index contributed by atoms with van der Waals surface area (Å²) in [5.74, 6) is -1.10. The summed E-state index contributed by atoms with van der Waals surface area (Å²) in [5.41, 5.74) is 4.10. The number of fused-ring (bicyclic) bond motifs is 1. The van der Waals surface area contributed by atoms with Crippen molar-refractivity contribution >= 4 is 34.7 Å². The highest BCUT2D eigenvalue weighted by Gasteiger charge is 2.35. The molecule has 1 aliphatic heterocycles. The normalized spacial score (nSPS) is 23.9. The molecule has 2 heterocycles. The molecular weight excluding hydrogens is 474 g/mol. The Bertz CT molecular complexity index is 1270. The highest BCUT2D eigenvalue weighted by atomic mass is 16.5. The summed E-state index contributed by atoms with van der Waals surface area (Å²) in [6.07, 6.45) is 2.73. The molecule has 5 rings (SSSR count). The van der Waals surface area contributed by atoms with Crippen LogP contribution >= 0.6 is 0 Å². The van der Waals surface area contributed by atoms with Crippen LogP contribution in [-0.4, -0.2) is 63.4 Å². The van der Waals surface area contributed by atoms with Gasteiger partial charge in [-0.2, -0.15) is 4.98 Å². The number of carboxylic acid groups (broad SMARTS) is 1. The molecule has 1 saturated carbocycles. The Morgan fingerprint density at radius 1 is 1.16 bits per heavy atom. The number of likely N-dealkylation sites (tertiary alicyclic amines) is 1. The van der Waals surface area contributed by atoms with Crippen molar-refractivity contribution in [3.05, 3.63) is 53.6 Å². The molecule has 0 unspecified atom stereocenters. The summed E-state index contributed by atoms with van der Waals surface area (Å²) in [6, 6.07) is 13.6. The Morgan fingerprint density at radius 2 is 1.95 bits per heavy atom. The van der Waals surface area contributed by atoms with E-state index in [2.05, 4.69) is 10.3 Å². The minimum atomic E-state index is -0.739. The van der Waals surface area contributed by atoms with Gasteiger partial charge in [-0.05, 0) is 68.4 Å². The second-order valence-electron chi connectivity index (χ2n) is 10.2. The summed E-state index contributed by atoms with van der Waals surface area (Å²) in [7, 11) is 0. The fraction of sp³-hybridized carbons (Fsp3) is 0.464. The Hall–Kier alpha value is -3.43. The van der Waals surface area contributed by atoms with Crippen molar-refractivity contribution in [2.45, 2.75) is 63.7 Å². The molecule has 1 saturated heterocycles. The SMILES string of the molecule is Cc1ccccc1Nc1nc2ccc(CC(=O)N3C[C@H](O)C[C@H]3CO[C@H]3CC[C@H](C(=O)O)CC3)cc2o1. The summed E-state index contributed by atoms with van der Waals surface area (Å²) in [5, 5.41) is 22.6. The van der Waals surface area contributed by atoms with Gasteiger partial charge in [0.15, 0.2) is 5.58 Å². The number of carboxylic acids is 1. The minimum absolute atomic E-state index is 0.00151. The monoisotopic (exact) mass is 507 g/mol. The molecule has 1 aliphatic carbocycles. The van der Waals surface area contributed by atoms with Crippen molar-refractivity contribution in [2.75, 3.05) is 18.5 Å². The van der Waals surface area contributed by atoms with Gasteiger partial charge in [0.2, 0.25) is 5.91 Å². The third-order valence-corrected chi connectivity index (χ3v) is 7.46. The molecule has 2 aromatic carbocycles. The predicted octanol–water partition coefficient (Wildman–Crippen LogP) is 4.04. The average molecular weight is 508 g/mol. The standard InChI is InChI=1S/C28H33N3O6/c1-17-4-2-3-5-23(17)29-28-30-24-11-6-18(12-25(24)37-28)13-26(33)31-15-21(32)14-20(31)16-36-22-9-7-19(8-10-22)27(34)35/h2-6,11-12,19-22,32H,7-10,13-16H2,1H3,(H,29,30)(H,34,35)/t19-,20-,21+,22-/m0/s1. The van der Waals surface area contributed by atoms with Crippen LogP contribution in [-0.2, 0) is 20.7 Å². The molecule has 0 spiro atoms. The number of hydrogen-bond donors (Lipinski definition) is 3.